The fourth-order valence-electron chi connectivity index (χ4n) is 2.75. The van der Waals surface area contributed by atoms with Gasteiger partial charge in [-0.15, -0.1) is 5.11 Å². The number of azo groups is 1. The molecule has 0 fully saturated rings. The van der Waals surface area contributed by atoms with Gasteiger partial charge < -0.3 is 29.3 Å². The second-order valence-corrected chi connectivity index (χ2v) is 9.29. The molecule has 3 N–H and O–H groups in total. The topological polar surface area (TPSA) is 192 Å². The molecule has 162 valence electrons. The molecule has 11 nitrogen and oxygen atoms in total. The molecule has 0 aliphatic rings. The fraction of sp³-hybridized carbons (Fsp3) is 0.0556. The first-order valence-electron chi connectivity index (χ1n) is 8.45. The molecule has 0 aromatic heterocycles. The van der Waals surface area contributed by atoms with Crippen LogP contribution in [0.15, 0.2) is 63.7 Å². The number of rotatable bonds is 5. The molecule has 3 aromatic carbocycles. The van der Waals surface area contributed by atoms with E-state index in [0.717, 1.165) is 18.2 Å². The first-order valence-corrected chi connectivity index (χ1v) is 11.4. The van der Waals surface area contributed by atoms with Crippen molar-refractivity contribution in [2.75, 3.05) is 5.32 Å². The van der Waals surface area contributed by atoms with Crippen LogP contribution in [0.1, 0.15) is 6.92 Å². The van der Waals surface area contributed by atoms with Crippen molar-refractivity contribution in [3.8, 4) is 5.75 Å². The standard InChI is InChI=1S/C18H16N3O8PS.2Na/c1-10(22)19-12-6-5-11-7-16(31(27,28)29)17(18(23)15(11)9-12)21-20-13-3-2-4-14(8-13)30(24,25)26;;/h2-9,23H,1H3,(H,19,22)(H2,24,25,26)(H,27,28,29);;/q;2*+1/p-2. The molecule has 1 amide bonds. The predicted octanol–water partition coefficient (Wildman–Crippen LogP) is -4.00. The van der Waals surface area contributed by atoms with Gasteiger partial charge in [-0.2, -0.15) is 5.11 Å². The van der Waals surface area contributed by atoms with E-state index in [0.29, 0.717) is 5.69 Å². The molecular formula is C18H14N3Na2O8PS. The number of hydrogen-bond acceptors (Lipinski definition) is 9. The van der Waals surface area contributed by atoms with Crippen molar-refractivity contribution in [2.45, 2.75) is 11.8 Å². The Hall–Kier alpha value is -1.15. The van der Waals surface area contributed by atoms with Crippen molar-refractivity contribution in [1.29, 1.82) is 0 Å². The average Bonchev–Trinajstić information content (AvgIpc) is 2.66. The van der Waals surface area contributed by atoms with Crippen molar-refractivity contribution >= 4 is 56.8 Å². The van der Waals surface area contributed by atoms with Crippen LogP contribution < -0.4 is 74.6 Å². The first kappa shape index (κ1) is 29.9. The van der Waals surface area contributed by atoms with E-state index in [1.54, 1.807) is 0 Å². The zero-order valence-electron chi connectivity index (χ0n) is 17.7. The van der Waals surface area contributed by atoms with Gasteiger partial charge in [0, 0.05) is 23.3 Å². The second kappa shape index (κ2) is 11.5. The van der Waals surface area contributed by atoms with Crippen LogP contribution in [0.3, 0.4) is 0 Å². The van der Waals surface area contributed by atoms with E-state index < -0.39 is 39.4 Å². The number of aromatic hydroxyl groups is 1. The fourth-order valence-corrected chi connectivity index (χ4v) is 3.96. The van der Waals surface area contributed by atoms with E-state index in [1.807, 2.05) is 0 Å². The Morgan fingerprint density at radius 3 is 2.33 bits per heavy atom. The van der Waals surface area contributed by atoms with E-state index >= 15 is 0 Å². The zero-order valence-corrected chi connectivity index (χ0v) is 23.4. The van der Waals surface area contributed by atoms with Gasteiger partial charge in [0.15, 0.2) is 13.3 Å². The summed E-state index contributed by atoms with van der Waals surface area (Å²) in [5.74, 6) is -1.06. The molecule has 33 heavy (non-hydrogen) atoms. The summed E-state index contributed by atoms with van der Waals surface area (Å²) in [4.78, 5) is 30.8. The van der Waals surface area contributed by atoms with E-state index in [2.05, 4.69) is 15.5 Å². The maximum Gasteiger partial charge on any atom is 1.00 e. The van der Waals surface area contributed by atoms with E-state index in [1.165, 1.54) is 37.3 Å². The molecule has 0 spiro atoms. The van der Waals surface area contributed by atoms with Gasteiger partial charge in [-0.25, -0.2) is 8.42 Å². The normalized spacial score (nSPS) is 13.1. The maximum atomic E-state index is 11.7. The Kier molecular flexibility index (Phi) is 10.4. The minimum atomic E-state index is -5.08. The molecule has 1 unspecified atom stereocenters. The van der Waals surface area contributed by atoms with Gasteiger partial charge in [0.05, 0.1) is 10.6 Å². The summed E-state index contributed by atoms with van der Waals surface area (Å²) in [6.07, 6.45) is 0. The number of carbonyl (C=O) groups is 1. The average molecular weight is 509 g/mol. The number of phenolic OH excluding ortho intramolecular Hbond substituents is 1. The second-order valence-electron chi connectivity index (χ2n) is 6.38. The summed E-state index contributed by atoms with van der Waals surface area (Å²) >= 11 is 0. The number of fused-ring (bicyclic) bond motifs is 1. The van der Waals surface area contributed by atoms with E-state index in [4.69, 9.17) is 4.89 Å². The van der Waals surface area contributed by atoms with Crippen LogP contribution in [0.5, 0.6) is 5.75 Å². The van der Waals surface area contributed by atoms with Crippen LogP contribution in [-0.2, 0) is 19.5 Å². The number of amides is 1. The smallest absolute Gasteiger partial charge is 0.775 e. The van der Waals surface area contributed by atoms with Gasteiger partial charge in [0.25, 0.3) is 0 Å². The number of hydrogen-bond donors (Lipinski definition) is 3. The molecule has 0 heterocycles. The van der Waals surface area contributed by atoms with Gasteiger partial charge >= 0.3 is 59.1 Å². The minimum Gasteiger partial charge on any atom is -0.775 e. The number of anilines is 1. The van der Waals surface area contributed by atoms with Crippen LogP contribution in [0.25, 0.3) is 10.8 Å². The number of phenols is 1. The summed E-state index contributed by atoms with van der Waals surface area (Å²) in [5, 5.41) is 20.3. The Bertz CT molecular complexity index is 1390. The van der Waals surface area contributed by atoms with Crippen LogP contribution in [0, 0.1) is 0 Å². The van der Waals surface area contributed by atoms with Crippen LogP contribution in [0.4, 0.5) is 17.1 Å². The van der Waals surface area contributed by atoms with Crippen molar-refractivity contribution in [1.82, 2.24) is 0 Å². The summed E-state index contributed by atoms with van der Waals surface area (Å²) < 4.78 is 46.4. The van der Waals surface area contributed by atoms with Crippen molar-refractivity contribution in [3.05, 3.63) is 48.5 Å². The van der Waals surface area contributed by atoms with Crippen LogP contribution in [0.2, 0.25) is 0 Å². The number of nitrogens with one attached hydrogen (secondary N) is 1. The SMILES string of the molecule is CC(=O)Nc1ccc2cc(S(=O)(=O)[O-])c(N=Nc3cccc(P(=O)([O-])O)c3)c(O)c2c1.[Na+].[Na+]. The molecule has 0 saturated heterocycles. The summed E-state index contributed by atoms with van der Waals surface area (Å²) in [7, 11) is -9.90. The Labute approximate surface area is 232 Å². The van der Waals surface area contributed by atoms with Gasteiger partial charge in [0.2, 0.25) is 5.91 Å². The molecule has 3 rings (SSSR count). The molecule has 0 bridgehead atoms. The third kappa shape index (κ3) is 7.41. The third-order valence-corrected chi connectivity index (χ3v) is 5.84. The summed E-state index contributed by atoms with van der Waals surface area (Å²) in [6, 6.07) is 9.84. The summed E-state index contributed by atoms with van der Waals surface area (Å²) in [5.41, 5.74) is -0.455. The van der Waals surface area contributed by atoms with Gasteiger partial charge in [-0.3, -0.25) is 4.79 Å². The molecule has 1 atom stereocenters. The largest absolute Gasteiger partial charge is 1.00 e. The van der Waals surface area contributed by atoms with Gasteiger partial charge in [-0.1, -0.05) is 18.2 Å². The molecule has 0 aliphatic heterocycles. The van der Waals surface area contributed by atoms with Crippen molar-refractivity contribution in [2.24, 2.45) is 10.2 Å². The third-order valence-electron chi connectivity index (χ3n) is 4.06. The monoisotopic (exact) mass is 509 g/mol. The Balaban J connectivity index is 0.00000272. The van der Waals surface area contributed by atoms with Gasteiger partial charge in [0.1, 0.15) is 15.8 Å². The summed E-state index contributed by atoms with van der Waals surface area (Å²) in [6.45, 7) is 1.28. The maximum absolute atomic E-state index is 11.7. The molecule has 0 radical (unpaired) electrons. The quantitative estimate of drug-likeness (QED) is 0.134. The number of carbonyl (C=O) groups excluding carboxylic acids is 1. The zero-order chi connectivity index (χ0) is 23.0. The Morgan fingerprint density at radius 1 is 1.09 bits per heavy atom. The predicted molar refractivity (Wildman–Crippen MR) is 108 cm³/mol. The van der Waals surface area contributed by atoms with Crippen LogP contribution in [-0.4, -0.2) is 28.9 Å². The molecular weight excluding hydrogens is 495 g/mol. The van der Waals surface area contributed by atoms with Crippen LogP contribution >= 0.6 is 7.60 Å². The molecule has 15 heteroatoms. The molecule has 0 aliphatic carbocycles. The first-order chi connectivity index (χ1) is 14.4. The number of nitrogens with zero attached hydrogens (tertiary/aromatic N) is 2. The number of benzene rings is 3. The van der Waals surface area contributed by atoms with E-state index in [9.17, 15) is 32.3 Å². The molecule has 0 saturated carbocycles. The van der Waals surface area contributed by atoms with Crippen molar-refractivity contribution < 1.29 is 96.3 Å². The van der Waals surface area contributed by atoms with Gasteiger partial charge in [-0.05, 0) is 35.7 Å². The van der Waals surface area contributed by atoms with Crippen molar-refractivity contribution in [3.63, 3.8) is 0 Å². The minimum absolute atomic E-state index is 0. The Morgan fingerprint density at radius 2 is 1.76 bits per heavy atom. The van der Waals surface area contributed by atoms with E-state index in [-0.39, 0.29) is 81.5 Å². The molecule has 3 aromatic rings.